The van der Waals surface area contributed by atoms with Crippen molar-refractivity contribution in [1.29, 1.82) is 0 Å². The van der Waals surface area contributed by atoms with E-state index in [4.69, 9.17) is 4.42 Å². The van der Waals surface area contributed by atoms with Crippen LogP contribution in [0.4, 0.5) is 17.1 Å². The van der Waals surface area contributed by atoms with Gasteiger partial charge in [0.25, 0.3) is 0 Å². The Morgan fingerprint density at radius 3 is 1.85 bits per heavy atom. The van der Waals surface area contributed by atoms with E-state index in [0.29, 0.717) is 0 Å². The van der Waals surface area contributed by atoms with Crippen molar-refractivity contribution in [3.8, 4) is 33.4 Å². The summed E-state index contributed by atoms with van der Waals surface area (Å²) in [6.07, 6.45) is 1.96. The fourth-order valence-corrected chi connectivity index (χ4v) is 7.98. The second-order valence-electron chi connectivity index (χ2n) is 13.8. The van der Waals surface area contributed by atoms with Crippen LogP contribution >= 0.6 is 0 Å². The molecule has 0 atom stereocenters. The summed E-state index contributed by atoms with van der Waals surface area (Å²) in [7, 11) is 0. The third-order valence-corrected chi connectivity index (χ3v) is 10.6. The first kappa shape index (κ1) is 31.6. The number of furan rings is 1. The normalized spacial score (nSPS) is 11.4. The summed E-state index contributed by atoms with van der Waals surface area (Å²) in [6, 6.07) is 69.4. The van der Waals surface area contributed by atoms with Gasteiger partial charge in [0.1, 0.15) is 11.2 Å². The Balaban J connectivity index is 1.14. The fraction of sp³-hybridized carbons (Fsp3) is 0. The van der Waals surface area contributed by atoms with Crippen LogP contribution in [0.1, 0.15) is 5.56 Å². The van der Waals surface area contributed by atoms with Crippen LogP contribution in [0, 0.1) is 0 Å². The Labute approximate surface area is 314 Å². The van der Waals surface area contributed by atoms with Gasteiger partial charge in [-0.3, -0.25) is 0 Å². The molecule has 54 heavy (non-hydrogen) atoms. The predicted molar refractivity (Wildman–Crippen MR) is 230 cm³/mol. The third-order valence-electron chi connectivity index (χ3n) is 10.6. The maximum atomic E-state index is 6.40. The molecule has 0 unspecified atom stereocenters. The Kier molecular flexibility index (Phi) is 7.66. The number of rotatable bonds is 7. The highest BCUT2D eigenvalue weighted by molar-refractivity contribution is 6.11. The van der Waals surface area contributed by atoms with Crippen LogP contribution in [-0.2, 0) is 0 Å². The first-order valence-electron chi connectivity index (χ1n) is 18.4. The number of anilines is 3. The number of nitrogens with zero attached hydrogens (tertiary/aromatic N) is 1. The van der Waals surface area contributed by atoms with Crippen molar-refractivity contribution >= 4 is 66.6 Å². The molecular weight excluding hydrogens is 655 g/mol. The summed E-state index contributed by atoms with van der Waals surface area (Å²) in [5.74, 6) is 0. The minimum atomic E-state index is 0.884. The van der Waals surface area contributed by atoms with Crippen LogP contribution in [0.25, 0.3) is 82.9 Å². The minimum absolute atomic E-state index is 0.884. The lowest BCUT2D eigenvalue weighted by atomic mass is 9.96. The summed E-state index contributed by atoms with van der Waals surface area (Å²) < 4.78 is 6.40. The number of hydrogen-bond donors (Lipinski definition) is 0. The van der Waals surface area contributed by atoms with Crippen LogP contribution in [0.15, 0.2) is 205 Å². The number of fused-ring (bicyclic) bond motifs is 5. The number of hydrogen-bond acceptors (Lipinski definition) is 2. The Morgan fingerprint density at radius 2 is 1.02 bits per heavy atom. The topological polar surface area (TPSA) is 16.4 Å². The second kappa shape index (κ2) is 13.1. The molecule has 1 aromatic heterocycles. The molecule has 0 spiro atoms. The molecule has 9 aromatic carbocycles. The van der Waals surface area contributed by atoms with Gasteiger partial charge in [-0.05, 0) is 110 Å². The van der Waals surface area contributed by atoms with Gasteiger partial charge >= 0.3 is 0 Å². The molecule has 10 aromatic rings. The van der Waals surface area contributed by atoms with Crippen LogP contribution in [0.5, 0.6) is 0 Å². The predicted octanol–water partition coefficient (Wildman–Crippen LogP) is 15.0. The molecule has 0 saturated carbocycles. The summed E-state index contributed by atoms with van der Waals surface area (Å²) >= 11 is 0. The molecule has 0 N–H and O–H groups in total. The van der Waals surface area contributed by atoms with Crippen LogP contribution in [-0.4, -0.2) is 0 Å². The monoisotopic (exact) mass is 689 g/mol. The summed E-state index contributed by atoms with van der Waals surface area (Å²) in [4.78, 5) is 2.37. The molecule has 0 saturated heterocycles. The van der Waals surface area contributed by atoms with Crippen molar-refractivity contribution in [3.05, 3.63) is 206 Å². The van der Waals surface area contributed by atoms with E-state index in [-0.39, 0.29) is 0 Å². The largest absolute Gasteiger partial charge is 0.456 e. The summed E-state index contributed by atoms with van der Waals surface area (Å²) in [6.45, 7) is 4.24. The Hall–Kier alpha value is -7.16. The molecule has 10 rings (SSSR count). The Morgan fingerprint density at radius 1 is 0.389 bits per heavy atom. The van der Waals surface area contributed by atoms with E-state index < -0.39 is 0 Å². The third kappa shape index (κ3) is 5.44. The highest BCUT2D eigenvalue weighted by Gasteiger charge is 2.20. The van der Waals surface area contributed by atoms with E-state index in [1.54, 1.807) is 0 Å². The smallest absolute Gasteiger partial charge is 0.136 e. The molecule has 0 amide bonds. The van der Waals surface area contributed by atoms with E-state index in [9.17, 15) is 0 Å². The lowest BCUT2D eigenvalue weighted by Crippen LogP contribution is -2.11. The van der Waals surface area contributed by atoms with E-state index in [1.165, 1.54) is 38.2 Å². The van der Waals surface area contributed by atoms with Gasteiger partial charge in [-0.1, -0.05) is 152 Å². The standard InChI is InChI=1S/C52H35NO/c1-2-35-31-43(28-29-44(35)36-13-4-3-5-14-36)53(42-26-23-38(24-27-42)46-21-12-18-37-15-8-9-19-45(37)46)50-22-11-10-20-47(50)41-25-30-51-48(33-41)49-32-39-16-6-7-17-40(39)34-52(49)54-51/h2-34H,1H2. The number of benzene rings is 9. The molecule has 0 bridgehead atoms. The van der Waals surface area contributed by atoms with Crippen LogP contribution in [0.2, 0.25) is 0 Å². The fourth-order valence-electron chi connectivity index (χ4n) is 7.98. The molecule has 1 heterocycles. The summed E-state index contributed by atoms with van der Waals surface area (Å²) in [5.41, 5.74) is 13.0. The molecule has 254 valence electrons. The zero-order chi connectivity index (χ0) is 36.0. The molecular formula is C52H35NO. The van der Waals surface area contributed by atoms with Crippen molar-refractivity contribution in [2.75, 3.05) is 4.90 Å². The molecule has 0 aliphatic carbocycles. The Bertz CT molecular complexity index is 3000. The van der Waals surface area contributed by atoms with Gasteiger partial charge in [-0.15, -0.1) is 0 Å². The van der Waals surface area contributed by atoms with Crippen molar-refractivity contribution in [2.24, 2.45) is 0 Å². The van der Waals surface area contributed by atoms with Crippen LogP contribution < -0.4 is 4.90 Å². The average molecular weight is 690 g/mol. The van der Waals surface area contributed by atoms with Gasteiger partial charge < -0.3 is 9.32 Å². The highest BCUT2D eigenvalue weighted by Crippen LogP contribution is 2.44. The van der Waals surface area contributed by atoms with Gasteiger partial charge in [-0.25, -0.2) is 0 Å². The van der Waals surface area contributed by atoms with Crippen LogP contribution in [0.3, 0.4) is 0 Å². The van der Waals surface area contributed by atoms with Gasteiger partial charge in [0.05, 0.1) is 5.69 Å². The average Bonchev–Trinajstić information content (AvgIpc) is 3.60. The lowest BCUT2D eigenvalue weighted by Gasteiger charge is -2.29. The highest BCUT2D eigenvalue weighted by atomic mass is 16.3. The molecule has 0 aliphatic rings. The summed E-state index contributed by atoms with van der Waals surface area (Å²) in [5, 5.41) is 7.09. The van der Waals surface area contributed by atoms with Gasteiger partial charge in [-0.2, -0.15) is 0 Å². The van der Waals surface area contributed by atoms with Crippen molar-refractivity contribution < 1.29 is 4.42 Å². The van der Waals surface area contributed by atoms with E-state index >= 15 is 0 Å². The first-order valence-corrected chi connectivity index (χ1v) is 18.4. The molecule has 0 aliphatic heterocycles. The molecule has 2 nitrogen and oxygen atoms in total. The SMILES string of the molecule is C=Cc1cc(N(c2ccc(-c3cccc4ccccc34)cc2)c2ccccc2-c2ccc3oc4cc5ccccc5cc4c3c2)ccc1-c1ccccc1. The van der Waals surface area contributed by atoms with Gasteiger partial charge in [0.15, 0.2) is 0 Å². The van der Waals surface area contributed by atoms with Gasteiger partial charge in [0, 0.05) is 27.7 Å². The second-order valence-corrected chi connectivity index (χ2v) is 13.8. The van der Waals surface area contributed by atoms with E-state index in [0.717, 1.165) is 61.3 Å². The minimum Gasteiger partial charge on any atom is -0.456 e. The van der Waals surface area contributed by atoms with Gasteiger partial charge in [0.2, 0.25) is 0 Å². The number of para-hydroxylation sites is 1. The maximum absolute atomic E-state index is 6.40. The maximum Gasteiger partial charge on any atom is 0.136 e. The van der Waals surface area contributed by atoms with Crippen molar-refractivity contribution in [2.45, 2.75) is 0 Å². The molecule has 0 radical (unpaired) electrons. The van der Waals surface area contributed by atoms with E-state index in [1.807, 2.05) is 6.08 Å². The lowest BCUT2D eigenvalue weighted by molar-refractivity contribution is 0.669. The van der Waals surface area contributed by atoms with E-state index in [2.05, 4.69) is 206 Å². The van der Waals surface area contributed by atoms with Crippen molar-refractivity contribution in [1.82, 2.24) is 0 Å². The zero-order valence-electron chi connectivity index (χ0n) is 29.6. The zero-order valence-corrected chi connectivity index (χ0v) is 29.6. The molecule has 2 heteroatoms. The van der Waals surface area contributed by atoms with Crippen molar-refractivity contribution in [3.63, 3.8) is 0 Å². The first-order chi connectivity index (χ1) is 26.7. The molecule has 0 fully saturated rings. The quantitative estimate of drug-likeness (QED) is 0.166.